The van der Waals surface area contributed by atoms with Gasteiger partial charge < -0.3 is 4.90 Å². The van der Waals surface area contributed by atoms with Gasteiger partial charge in [-0.05, 0) is 63.6 Å². The number of hydrogen-bond donors (Lipinski definition) is 0. The summed E-state index contributed by atoms with van der Waals surface area (Å²) in [6, 6.07) is 5.79. The molecule has 2 nitrogen and oxygen atoms in total. The van der Waals surface area contributed by atoms with Gasteiger partial charge in [0.15, 0.2) is 0 Å². The van der Waals surface area contributed by atoms with Gasteiger partial charge in [-0.3, -0.25) is 4.79 Å². The highest BCUT2D eigenvalue weighted by atomic mass is 127. The number of amides is 1. The van der Waals surface area contributed by atoms with Crippen molar-refractivity contribution in [3.05, 3.63) is 31.8 Å². The molecule has 0 heterocycles. The van der Waals surface area contributed by atoms with Crippen molar-refractivity contribution in [2.75, 3.05) is 18.4 Å². The summed E-state index contributed by atoms with van der Waals surface area (Å²) in [6.07, 6.45) is 0. The third-order valence-electron chi connectivity index (χ3n) is 2.18. The Bertz CT molecular complexity index is 384. The smallest absolute Gasteiger partial charge is 0.255 e. The van der Waals surface area contributed by atoms with Crippen molar-refractivity contribution >= 4 is 60.4 Å². The molecule has 1 rings (SSSR count). The van der Waals surface area contributed by atoms with Gasteiger partial charge in [0.05, 0.1) is 5.56 Å². The van der Waals surface area contributed by atoms with Crippen LogP contribution in [0, 0.1) is 3.57 Å². The molecule has 0 aliphatic rings. The zero-order valence-corrected chi connectivity index (χ0v) is 14.2. The van der Waals surface area contributed by atoms with Gasteiger partial charge in [-0.1, -0.05) is 15.9 Å². The summed E-state index contributed by atoms with van der Waals surface area (Å²) in [7, 11) is 0. The van der Waals surface area contributed by atoms with Crippen LogP contribution in [-0.4, -0.2) is 29.2 Å². The molecule has 0 atom stereocenters. The summed E-state index contributed by atoms with van der Waals surface area (Å²) in [5, 5.41) is 0.800. The van der Waals surface area contributed by atoms with Gasteiger partial charge in [0.1, 0.15) is 0 Å². The molecule has 5 heteroatoms. The lowest BCUT2D eigenvalue weighted by atomic mass is 10.2. The van der Waals surface area contributed by atoms with Gasteiger partial charge in [0.2, 0.25) is 0 Å². The van der Waals surface area contributed by atoms with E-state index in [1.54, 1.807) is 0 Å². The van der Waals surface area contributed by atoms with Gasteiger partial charge in [-0.15, -0.1) is 0 Å². The molecule has 0 saturated carbocycles. The lowest BCUT2D eigenvalue weighted by Crippen LogP contribution is -2.32. The number of nitrogens with zero attached hydrogens (tertiary/aromatic N) is 1. The van der Waals surface area contributed by atoms with Crippen LogP contribution in [0.2, 0.25) is 0 Å². The second-order valence-electron chi connectivity index (χ2n) is 3.20. The Kier molecular flexibility index (Phi) is 6.28. The van der Waals surface area contributed by atoms with Crippen LogP contribution in [0.25, 0.3) is 0 Å². The highest BCUT2D eigenvalue weighted by molar-refractivity contribution is 14.1. The topological polar surface area (TPSA) is 20.3 Å². The van der Waals surface area contributed by atoms with E-state index in [-0.39, 0.29) is 5.91 Å². The number of halogens is 3. The van der Waals surface area contributed by atoms with E-state index in [1.165, 1.54) is 0 Å². The third kappa shape index (κ3) is 3.70. The molecule has 16 heavy (non-hydrogen) atoms. The van der Waals surface area contributed by atoms with Crippen LogP contribution in [-0.2, 0) is 0 Å². The van der Waals surface area contributed by atoms with Crippen molar-refractivity contribution in [3.63, 3.8) is 0 Å². The van der Waals surface area contributed by atoms with Crippen LogP contribution in [0.4, 0.5) is 0 Å². The Morgan fingerprint density at radius 1 is 1.50 bits per heavy atom. The minimum absolute atomic E-state index is 0.0762. The van der Waals surface area contributed by atoms with Gasteiger partial charge >= 0.3 is 0 Å². The third-order valence-corrected chi connectivity index (χ3v) is 3.90. The molecule has 0 aliphatic heterocycles. The summed E-state index contributed by atoms with van der Waals surface area (Å²) in [6.45, 7) is 3.44. The fourth-order valence-electron chi connectivity index (χ4n) is 1.34. The van der Waals surface area contributed by atoms with Crippen LogP contribution < -0.4 is 0 Å². The Morgan fingerprint density at radius 2 is 2.19 bits per heavy atom. The first-order valence-corrected chi connectivity index (χ1v) is 7.89. The van der Waals surface area contributed by atoms with Crippen molar-refractivity contribution in [3.8, 4) is 0 Å². The molecule has 0 aliphatic carbocycles. The monoisotopic (exact) mass is 459 g/mol. The SMILES string of the molecule is CCN(CCBr)C(=O)c1cc(I)ccc1Br. The average molecular weight is 461 g/mol. The van der Waals surface area contributed by atoms with Crippen LogP contribution in [0.15, 0.2) is 22.7 Å². The van der Waals surface area contributed by atoms with E-state index < -0.39 is 0 Å². The van der Waals surface area contributed by atoms with Crippen LogP contribution >= 0.6 is 54.5 Å². The molecule has 0 unspecified atom stereocenters. The molecule has 0 spiro atoms. The van der Waals surface area contributed by atoms with E-state index in [0.29, 0.717) is 0 Å². The molecule has 1 aromatic rings. The molecule has 0 radical (unpaired) electrons. The second kappa shape index (κ2) is 6.96. The van der Waals surface area contributed by atoms with Crippen molar-refractivity contribution in [1.82, 2.24) is 4.90 Å². The van der Waals surface area contributed by atoms with E-state index in [2.05, 4.69) is 54.5 Å². The number of benzene rings is 1. The van der Waals surface area contributed by atoms with Gasteiger partial charge in [0.25, 0.3) is 5.91 Å². The molecule has 0 fully saturated rings. The van der Waals surface area contributed by atoms with Gasteiger partial charge in [0, 0.05) is 26.5 Å². The summed E-state index contributed by atoms with van der Waals surface area (Å²) in [5.74, 6) is 0.0762. The second-order valence-corrected chi connectivity index (χ2v) is 6.09. The number of carbonyl (C=O) groups is 1. The molecule has 88 valence electrons. The van der Waals surface area contributed by atoms with E-state index in [0.717, 1.165) is 32.0 Å². The van der Waals surface area contributed by atoms with E-state index in [4.69, 9.17) is 0 Å². The fourth-order valence-corrected chi connectivity index (χ4v) is 2.67. The van der Waals surface area contributed by atoms with Crippen molar-refractivity contribution < 1.29 is 4.79 Å². The number of alkyl halides is 1. The summed E-state index contributed by atoms with van der Waals surface area (Å²) < 4.78 is 1.92. The lowest BCUT2D eigenvalue weighted by Gasteiger charge is -2.20. The normalized spacial score (nSPS) is 10.2. The molecule has 0 aromatic heterocycles. The number of hydrogen-bond acceptors (Lipinski definition) is 1. The Hall–Kier alpha value is 0.380. The Labute approximate surface area is 126 Å². The molecule has 0 saturated heterocycles. The van der Waals surface area contributed by atoms with Gasteiger partial charge in [-0.25, -0.2) is 0 Å². The maximum absolute atomic E-state index is 12.2. The summed E-state index contributed by atoms with van der Waals surface area (Å²) in [4.78, 5) is 14.0. The Balaban J connectivity index is 2.98. The first-order valence-electron chi connectivity index (χ1n) is 4.90. The first kappa shape index (κ1) is 14.4. The molecule has 0 N–H and O–H groups in total. The average Bonchev–Trinajstić information content (AvgIpc) is 2.28. The fraction of sp³-hybridized carbons (Fsp3) is 0.364. The highest BCUT2D eigenvalue weighted by Crippen LogP contribution is 2.21. The van der Waals surface area contributed by atoms with E-state index >= 15 is 0 Å². The van der Waals surface area contributed by atoms with Crippen LogP contribution in [0.5, 0.6) is 0 Å². The predicted molar refractivity (Wildman–Crippen MR) is 82.2 cm³/mol. The standard InChI is InChI=1S/C11H12Br2INO/c1-2-15(6-5-12)11(16)9-7-8(14)3-4-10(9)13/h3-4,7H,2,5-6H2,1H3. The van der Waals surface area contributed by atoms with Crippen molar-refractivity contribution in [1.29, 1.82) is 0 Å². The maximum atomic E-state index is 12.2. The van der Waals surface area contributed by atoms with E-state index in [9.17, 15) is 4.79 Å². The summed E-state index contributed by atoms with van der Waals surface area (Å²) in [5.41, 5.74) is 0.731. The minimum atomic E-state index is 0.0762. The predicted octanol–water partition coefficient (Wildman–Crippen LogP) is 3.91. The lowest BCUT2D eigenvalue weighted by molar-refractivity contribution is 0.0774. The minimum Gasteiger partial charge on any atom is -0.338 e. The van der Waals surface area contributed by atoms with E-state index in [1.807, 2.05) is 30.0 Å². The molecule has 1 amide bonds. The van der Waals surface area contributed by atoms with Crippen molar-refractivity contribution in [2.45, 2.75) is 6.92 Å². The number of rotatable bonds is 4. The maximum Gasteiger partial charge on any atom is 0.255 e. The molecular weight excluding hydrogens is 449 g/mol. The largest absolute Gasteiger partial charge is 0.338 e. The molecule has 0 bridgehead atoms. The highest BCUT2D eigenvalue weighted by Gasteiger charge is 2.16. The number of carbonyl (C=O) groups excluding carboxylic acids is 1. The molecule has 1 aromatic carbocycles. The van der Waals surface area contributed by atoms with Crippen LogP contribution in [0.3, 0.4) is 0 Å². The quantitative estimate of drug-likeness (QED) is 0.493. The van der Waals surface area contributed by atoms with Crippen LogP contribution in [0.1, 0.15) is 17.3 Å². The molecular formula is C11H12Br2INO. The van der Waals surface area contributed by atoms with Crippen molar-refractivity contribution in [2.24, 2.45) is 0 Å². The zero-order valence-electron chi connectivity index (χ0n) is 8.84. The Morgan fingerprint density at radius 3 is 2.75 bits per heavy atom. The first-order chi connectivity index (χ1) is 7.60. The van der Waals surface area contributed by atoms with Gasteiger partial charge in [-0.2, -0.15) is 0 Å². The summed E-state index contributed by atoms with van der Waals surface area (Å²) >= 11 is 8.99. The zero-order chi connectivity index (χ0) is 12.1.